The second-order valence-electron chi connectivity index (χ2n) is 8.18. The molecule has 29 heavy (non-hydrogen) atoms. The van der Waals surface area contributed by atoms with Gasteiger partial charge in [-0.1, -0.05) is 34.1 Å². The molecule has 0 N–H and O–H groups in total. The van der Waals surface area contributed by atoms with E-state index in [1.54, 1.807) is 12.1 Å². The number of amides is 2. The molecular formula is C23H27BrFN3O. The van der Waals surface area contributed by atoms with E-state index in [4.69, 9.17) is 0 Å². The molecule has 0 radical (unpaired) electrons. The number of hydrogen-bond donors (Lipinski definition) is 0. The number of carbonyl (C=O) groups excluding carboxylic acids is 1. The van der Waals surface area contributed by atoms with Crippen LogP contribution in [-0.2, 0) is 6.42 Å². The second kappa shape index (κ2) is 8.84. The molecular weight excluding hydrogens is 433 g/mol. The molecule has 2 fully saturated rings. The summed E-state index contributed by atoms with van der Waals surface area (Å²) in [5.41, 5.74) is 2.02. The minimum absolute atomic E-state index is 0.0760. The van der Waals surface area contributed by atoms with Gasteiger partial charge in [-0.2, -0.15) is 0 Å². The number of rotatable bonds is 5. The lowest BCUT2D eigenvalue weighted by Crippen LogP contribution is -2.44. The van der Waals surface area contributed by atoms with Gasteiger partial charge in [0.25, 0.3) is 0 Å². The van der Waals surface area contributed by atoms with Gasteiger partial charge in [0, 0.05) is 30.3 Å². The number of likely N-dealkylation sites (N-methyl/N-ethyl adjacent to an activating group) is 1. The third kappa shape index (κ3) is 4.64. The van der Waals surface area contributed by atoms with Crippen molar-refractivity contribution in [2.24, 2.45) is 5.92 Å². The van der Waals surface area contributed by atoms with Crippen LogP contribution in [-0.4, -0.2) is 55.1 Å². The highest BCUT2D eigenvalue weighted by atomic mass is 79.9. The van der Waals surface area contributed by atoms with Crippen molar-refractivity contribution in [1.82, 2.24) is 9.80 Å². The van der Waals surface area contributed by atoms with Crippen molar-refractivity contribution in [1.29, 1.82) is 0 Å². The van der Waals surface area contributed by atoms with Crippen LogP contribution in [0, 0.1) is 11.7 Å². The van der Waals surface area contributed by atoms with Crippen LogP contribution in [0.25, 0.3) is 0 Å². The number of halogens is 2. The monoisotopic (exact) mass is 459 g/mol. The number of anilines is 1. The number of urea groups is 1. The van der Waals surface area contributed by atoms with Crippen molar-refractivity contribution in [3.8, 4) is 0 Å². The first-order valence-electron chi connectivity index (χ1n) is 10.3. The molecule has 1 atom stereocenters. The molecule has 2 aromatic rings. The van der Waals surface area contributed by atoms with E-state index in [0.717, 1.165) is 61.2 Å². The summed E-state index contributed by atoms with van der Waals surface area (Å²) in [6, 6.07) is 15.1. The maximum absolute atomic E-state index is 13.5. The fourth-order valence-corrected chi connectivity index (χ4v) is 4.85. The Kier molecular flexibility index (Phi) is 6.20. The molecule has 2 aliphatic heterocycles. The van der Waals surface area contributed by atoms with E-state index in [-0.39, 0.29) is 17.9 Å². The number of likely N-dealkylation sites (tertiary alicyclic amines) is 1. The molecule has 1 unspecified atom stereocenters. The molecule has 2 saturated heterocycles. The van der Waals surface area contributed by atoms with Crippen LogP contribution in [0.4, 0.5) is 14.9 Å². The van der Waals surface area contributed by atoms with Gasteiger partial charge in [0.15, 0.2) is 0 Å². The summed E-state index contributed by atoms with van der Waals surface area (Å²) in [5.74, 6) is 0.408. The molecule has 2 aromatic carbocycles. The van der Waals surface area contributed by atoms with Crippen molar-refractivity contribution in [2.45, 2.75) is 25.3 Å². The SMILES string of the molecule is CN1C(=O)N(c2ccccc2)CC1CN1CCC(Cc2cc(F)ccc2Br)CC1. The predicted molar refractivity (Wildman–Crippen MR) is 118 cm³/mol. The molecule has 2 heterocycles. The summed E-state index contributed by atoms with van der Waals surface area (Å²) in [4.78, 5) is 18.9. The van der Waals surface area contributed by atoms with E-state index < -0.39 is 0 Å². The largest absolute Gasteiger partial charge is 0.324 e. The molecule has 4 nitrogen and oxygen atoms in total. The summed E-state index contributed by atoms with van der Waals surface area (Å²) in [5, 5.41) is 0. The van der Waals surface area contributed by atoms with Crippen LogP contribution < -0.4 is 4.90 Å². The quantitative estimate of drug-likeness (QED) is 0.642. The number of nitrogens with zero attached hydrogens (tertiary/aromatic N) is 3. The van der Waals surface area contributed by atoms with Crippen LogP contribution in [0.3, 0.4) is 0 Å². The molecule has 4 rings (SSSR count). The summed E-state index contributed by atoms with van der Waals surface area (Å²) < 4.78 is 14.5. The molecule has 0 aliphatic carbocycles. The van der Waals surface area contributed by atoms with Crippen LogP contribution >= 0.6 is 15.9 Å². The highest BCUT2D eigenvalue weighted by molar-refractivity contribution is 9.10. The Labute approximate surface area is 180 Å². The Bertz CT molecular complexity index is 854. The van der Waals surface area contributed by atoms with Crippen molar-refractivity contribution in [3.05, 3.63) is 64.4 Å². The molecule has 6 heteroatoms. The van der Waals surface area contributed by atoms with Gasteiger partial charge in [-0.25, -0.2) is 9.18 Å². The smallest absolute Gasteiger partial charge is 0.321 e. The number of hydrogen-bond acceptors (Lipinski definition) is 2. The summed E-state index contributed by atoms with van der Waals surface area (Å²) in [6.45, 7) is 3.69. The number of benzene rings is 2. The second-order valence-corrected chi connectivity index (χ2v) is 9.03. The Morgan fingerprint density at radius 3 is 2.55 bits per heavy atom. The van der Waals surface area contributed by atoms with E-state index in [1.165, 1.54) is 6.07 Å². The van der Waals surface area contributed by atoms with E-state index >= 15 is 0 Å². The molecule has 0 bridgehead atoms. The van der Waals surface area contributed by atoms with Crippen LogP contribution in [0.1, 0.15) is 18.4 Å². The maximum Gasteiger partial charge on any atom is 0.324 e. The maximum atomic E-state index is 13.5. The molecule has 2 amide bonds. The fourth-order valence-electron chi connectivity index (χ4n) is 4.44. The third-order valence-electron chi connectivity index (χ3n) is 6.23. The first-order valence-corrected chi connectivity index (χ1v) is 11.1. The zero-order valence-corrected chi connectivity index (χ0v) is 18.3. The minimum Gasteiger partial charge on any atom is -0.321 e. The Morgan fingerprint density at radius 1 is 1.10 bits per heavy atom. The van der Waals surface area contributed by atoms with Crippen molar-refractivity contribution in [2.75, 3.05) is 38.1 Å². The minimum atomic E-state index is -0.169. The van der Waals surface area contributed by atoms with Crippen molar-refractivity contribution < 1.29 is 9.18 Å². The van der Waals surface area contributed by atoms with Gasteiger partial charge in [-0.3, -0.25) is 4.90 Å². The molecule has 154 valence electrons. The summed E-state index contributed by atoms with van der Waals surface area (Å²) in [7, 11) is 1.91. The first-order chi connectivity index (χ1) is 14.0. The highest BCUT2D eigenvalue weighted by Crippen LogP contribution is 2.28. The number of carbonyl (C=O) groups is 1. The fraction of sp³-hybridized carbons (Fsp3) is 0.435. The highest BCUT2D eigenvalue weighted by Gasteiger charge is 2.36. The molecule has 0 spiro atoms. The van der Waals surface area contributed by atoms with E-state index in [2.05, 4.69) is 20.8 Å². The van der Waals surface area contributed by atoms with E-state index in [0.29, 0.717) is 5.92 Å². The average Bonchev–Trinajstić information content (AvgIpc) is 3.01. The lowest BCUT2D eigenvalue weighted by Gasteiger charge is -2.34. The van der Waals surface area contributed by atoms with Gasteiger partial charge in [0.2, 0.25) is 0 Å². The normalized spacial score (nSPS) is 21.2. The van der Waals surface area contributed by atoms with Gasteiger partial charge in [0.1, 0.15) is 5.82 Å². The Morgan fingerprint density at radius 2 is 1.83 bits per heavy atom. The van der Waals surface area contributed by atoms with Gasteiger partial charge < -0.3 is 9.80 Å². The predicted octanol–water partition coefficient (Wildman–Crippen LogP) is 4.78. The summed E-state index contributed by atoms with van der Waals surface area (Å²) in [6.07, 6.45) is 3.13. The molecule has 2 aliphatic rings. The average molecular weight is 460 g/mol. The zero-order chi connectivity index (χ0) is 20.4. The number of piperidine rings is 1. The van der Waals surface area contributed by atoms with Gasteiger partial charge in [-0.05, 0) is 74.2 Å². The van der Waals surface area contributed by atoms with Gasteiger partial charge >= 0.3 is 6.03 Å². The van der Waals surface area contributed by atoms with Crippen molar-refractivity contribution >= 4 is 27.6 Å². The zero-order valence-electron chi connectivity index (χ0n) is 16.7. The van der Waals surface area contributed by atoms with Crippen LogP contribution in [0.15, 0.2) is 53.0 Å². The van der Waals surface area contributed by atoms with E-state index in [9.17, 15) is 9.18 Å². The van der Waals surface area contributed by atoms with Crippen LogP contribution in [0.2, 0.25) is 0 Å². The first kappa shape index (κ1) is 20.4. The molecule has 0 aromatic heterocycles. The van der Waals surface area contributed by atoms with Gasteiger partial charge in [-0.15, -0.1) is 0 Å². The van der Waals surface area contributed by atoms with Gasteiger partial charge in [0.05, 0.1) is 6.04 Å². The van der Waals surface area contributed by atoms with E-state index in [1.807, 2.05) is 47.2 Å². The topological polar surface area (TPSA) is 26.8 Å². The lowest BCUT2D eigenvalue weighted by molar-refractivity contribution is 0.149. The van der Waals surface area contributed by atoms with Crippen LogP contribution in [0.5, 0.6) is 0 Å². The summed E-state index contributed by atoms with van der Waals surface area (Å²) >= 11 is 3.55. The Balaban J connectivity index is 1.30. The number of para-hydroxylation sites is 1. The third-order valence-corrected chi connectivity index (χ3v) is 7.01. The Hall–Kier alpha value is -1.92. The van der Waals surface area contributed by atoms with Crippen molar-refractivity contribution in [3.63, 3.8) is 0 Å². The molecule has 0 saturated carbocycles. The lowest BCUT2D eigenvalue weighted by atomic mass is 9.90. The standard InChI is InChI=1S/C23H27BrFN3O/c1-26-21(16-28(23(26)29)20-5-3-2-4-6-20)15-27-11-9-17(10-12-27)13-18-14-19(25)7-8-22(18)24/h2-8,14,17,21H,9-13,15-16H2,1H3.